The molecule has 0 aliphatic carbocycles. The van der Waals surface area contributed by atoms with Crippen molar-refractivity contribution in [2.45, 2.75) is 9.79 Å². The number of carboxylic acids is 1. The SMILES string of the molecule is O=C(O)c1cccc2c1Nc1cc(F)ccc1S2. The lowest BCUT2D eigenvalue weighted by Gasteiger charge is -2.22. The number of carbonyl (C=O) groups is 1. The summed E-state index contributed by atoms with van der Waals surface area (Å²) in [7, 11) is 0. The molecule has 0 unspecified atom stereocenters. The lowest BCUT2D eigenvalue weighted by molar-refractivity contribution is 0.0698. The van der Waals surface area contributed by atoms with Gasteiger partial charge in [0.2, 0.25) is 0 Å². The van der Waals surface area contributed by atoms with Crippen LogP contribution in [0.1, 0.15) is 10.4 Å². The number of anilines is 2. The second-order valence-electron chi connectivity index (χ2n) is 3.85. The average Bonchev–Trinajstić information content (AvgIpc) is 2.35. The number of carboxylic acid groups (broad SMARTS) is 1. The molecule has 0 bridgehead atoms. The Morgan fingerprint density at radius 1 is 1.22 bits per heavy atom. The minimum atomic E-state index is -1.00. The molecule has 1 aliphatic heterocycles. The van der Waals surface area contributed by atoms with Crippen LogP contribution in [0, 0.1) is 5.82 Å². The maximum atomic E-state index is 13.2. The van der Waals surface area contributed by atoms with Crippen LogP contribution in [0.3, 0.4) is 0 Å². The molecule has 3 rings (SSSR count). The first kappa shape index (κ1) is 11.1. The quantitative estimate of drug-likeness (QED) is 0.700. The van der Waals surface area contributed by atoms with Gasteiger partial charge in [0.1, 0.15) is 5.82 Å². The van der Waals surface area contributed by atoms with Crippen molar-refractivity contribution >= 4 is 29.1 Å². The summed E-state index contributed by atoms with van der Waals surface area (Å²) in [5.41, 5.74) is 1.31. The van der Waals surface area contributed by atoms with Crippen molar-refractivity contribution in [3.05, 3.63) is 47.8 Å². The van der Waals surface area contributed by atoms with Gasteiger partial charge in [0.25, 0.3) is 0 Å². The van der Waals surface area contributed by atoms with Crippen LogP contribution in [-0.2, 0) is 0 Å². The highest BCUT2D eigenvalue weighted by atomic mass is 32.2. The summed E-state index contributed by atoms with van der Waals surface area (Å²) in [6.07, 6.45) is 0. The van der Waals surface area contributed by atoms with Gasteiger partial charge in [0, 0.05) is 9.79 Å². The number of para-hydroxylation sites is 1. The van der Waals surface area contributed by atoms with Gasteiger partial charge in [-0.1, -0.05) is 17.8 Å². The van der Waals surface area contributed by atoms with E-state index in [0.29, 0.717) is 11.4 Å². The van der Waals surface area contributed by atoms with Crippen molar-refractivity contribution in [1.82, 2.24) is 0 Å². The highest BCUT2D eigenvalue weighted by Crippen LogP contribution is 2.45. The van der Waals surface area contributed by atoms with Gasteiger partial charge in [-0.3, -0.25) is 0 Å². The molecule has 5 heteroatoms. The van der Waals surface area contributed by atoms with Crippen LogP contribution < -0.4 is 5.32 Å². The van der Waals surface area contributed by atoms with E-state index >= 15 is 0 Å². The fourth-order valence-corrected chi connectivity index (χ4v) is 2.87. The molecule has 0 saturated heterocycles. The van der Waals surface area contributed by atoms with E-state index in [1.807, 2.05) is 6.07 Å². The third kappa shape index (κ3) is 1.73. The lowest BCUT2D eigenvalue weighted by Crippen LogP contribution is -2.07. The third-order valence-electron chi connectivity index (χ3n) is 2.68. The molecule has 1 heterocycles. The molecule has 3 nitrogen and oxygen atoms in total. The molecule has 2 N–H and O–H groups in total. The first-order valence-corrected chi connectivity index (χ1v) is 6.07. The van der Waals surface area contributed by atoms with Crippen LogP contribution in [0.15, 0.2) is 46.2 Å². The molecule has 0 amide bonds. The Kier molecular flexibility index (Phi) is 2.48. The number of benzene rings is 2. The Morgan fingerprint density at radius 3 is 2.83 bits per heavy atom. The molecule has 0 spiro atoms. The summed E-state index contributed by atoms with van der Waals surface area (Å²) in [6, 6.07) is 9.50. The van der Waals surface area contributed by atoms with E-state index in [2.05, 4.69) is 5.32 Å². The zero-order valence-electron chi connectivity index (χ0n) is 9.11. The number of aromatic carboxylic acids is 1. The standard InChI is InChI=1S/C13H8FNO2S/c14-7-4-5-10-9(6-7)15-12-8(13(16)17)2-1-3-11(12)18-10/h1-6,15H,(H,16,17). The zero-order valence-corrected chi connectivity index (χ0v) is 9.92. The van der Waals surface area contributed by atoms with Gasteiger partial charge in [-0.05, 0) is 30.3 Å². The van der Waals surface area contributed by atoms with Crippen molar-refractivity contribution < 1.29 is 14.3 Å². The minimum absolute atomic E-state index is 0.190. The maximum Gasteiger partial charge on any atom is 0.337 e. The predicted octanol–water partition coefficient (Wildman–Crippen LogP) is 3.73. The van der Waals surface area contributed by atoms with Gasteiger partial charge in [-0.15, -0.1) is 0 Å². The summed E-state index contributed by atoms with van der Waals surface area (Å²) < 4.78 is 13.2. The van der Waals surface area contributed by atoms with Crippen molar-refractivity contribution in [1.29, 1.82) is 0 Å². The van der Waals surface area contributed by atoms with Crippen molar-refractivity contribution in [3.8, 4) is 0 Å². The number of hydrogen-bond acceptors (Lipinski definition) is 3. The number of hydrogen-bond donors (Lipinski definition) is 2. The van der Waals surface area contributed by atoms with Crippen LogP contribution in [0.25, 0.3) is 0 Å². The third-order valence-corrected chi connectivity index (χ3v) is 3.81. The lowest BCUT2D eigenvalue weighted by atomic mass is 10.1. The van der Waals surface area contributed by atoms with Gasteiger partial charge in [-0.2, -0.15) is 0 Å². The summed E-state index contributed by atoms with van der Waals surface area (Å²) in [5, 5.41) is 12.1. The molecule has 0 saturated carbocycles. The van der Waals surface area contributed by atoms with Crippen LogP contribution in [0.5, 0.6) is 0 Å². The maximum absolute atomic E-state index is 13.2. The predicted molar refractivity (Wildman–Crippen MR) is 67.2 cm³/mol. The molecule has 18 heavy (non-hydrogen) atoms. The highest BCUT2D eigenvalue weighted by Gasteiger charge is 2.21. The van der Waals surface area contributed by atoms with Crippen LogP contribution in [0.2, 0.25) is 0 Å². The van der Waals surface area contributed by atoms with Gasteiger partial charge < -0.3 is 10.4 Å². The van der Waals surface area contributed by atoms with E-state index in [-0.39, 0.29) is 11.4 Å². The number of rotatable bonds is 1. The molecule has 2 aromatic carbocycles. The Hall–Kier alpha value is -2.01. The summed E-state index contributed by atoms with van der Waals surface area (Å²) in [6.45, 7) is 0. The van der Waals surface area contributed by atoms with Gasteiger partial charge in [0.05, 0.1) is 16.9 Å². The molecule has 0 radical (unpaired) electrons. The second-order valence-corrected chi connectivity index (χ2v) is 4.94. The van der Waals surface area contributed by atoms with E-state index in [0.717, 1.165) is 9.79 Å². The van der Waals surface area contributed by atoms with E-state index in [1.165, 1.54) is 30.0 Å². The molecule has 2 aromatic rings. The minimum Gasteiger partial charge on any atom is -0.478 e. The Balaban J connectivity index is 2.14. The number of fused-ring (bicyclic) bond motifs is 2. The van der Waals surface area contributed by atoms with Crippen molar-refractivity contribution in [2.75, 3.05) is 5.32 Å². The van der Waals surface area contributed by atoms with Crippen molar-refractivity contribution in [3.63, 3.8) is 0 Å². The number of nitrogens with one attached hydrogen (secondary N) is 1. The van der Waals surface area contributed by atoms with Gasteiger partial charge in [0.15, 0.2) is 0 Å². The molecule has 90 valence electrons. The van der Waals surface area contributed by atoms with Crippen LogP contribution in [0.4, 0.5) is 15.8 Å². The van der Waals surface area contributed by atoms with Crippen molar-refractivity contribution in [2.24, 2.45) is 0 Å². The van der Waals surface area contributed by atoms with Crippen LogP contribution in [-0.4, -0.2) is 11.1 Å². The monoisotopic (exact) mass is 261 g/mol. The molecular weight excluding hydrogens is 253 g/mol. The normalized spacial score (nSPS) is 12.3. The largest absolute Gasteiger partial charge is 0.478 e. The van der Waals surface area contributed by atoms with Gasteiger partial charge >= 0.3 is 5.97 Å². The topological polar surface area (TPSA) is 49.3 Å². The van der Waals surface area contributed by atoms with E-state index in [9.17, 15) is 9.18 Å². The van der Waals surface area contributed by atoms with E-state index in [4.69, 9.17) is 5.11 Å². The summed E-state index contributed by atoms with van der Waals surface area (Å²) in [5.74, 6) is -1.35. The molecule has 1 aliphatic rings. The molecule has 0 aromatic heterocycles. The molecular formula is C13H8FNO2S. The fraction of sp³-hybridized carbons (Fsp3) is 0. The first-order valence-electron chi connectivity index (χ1n) is 5.26. The summed E-state index contributed by atoms with van der Waals surface area (Å²) in [4.78, 5) is 12.8. The second kappa shape index (κ2) is 4.03. The molecule has 0 fully saturated rings. The Labute approximate surface area is 107 Å². The van der Waals surface area contributed by atoms with Crippen LogP contribution >= 0.6 is 11.8 Å². The highest BCUT2D eigenvalue weighted by molar-refractivity contribution is 7.99. The van der Waals surface area contributed by atoms with Gasteiger partial charge in [-0.25, -0.2) is 9.18 Å². The average molecular weight is 261 g/mol. The fourth-order valence-electron chi connectivity index (χ4n) is 1.87. The number of halogens is 1. The Morgan fingerprint density at radius 2 is 2.06 bits per heavy atom. The summed E-state index contributed by atoms with van der Waals surface area (Å²) >= 11 is 1.43. The van der Waals surface area contributed by atoms with E-state index in [1.54, 1.807) is 12.1 Å². The smallest absolute Gasteiger partial charge is 0.337 e. The van der Waals surface area contributed by atoms with E-state index < -0.39 is 5.97 Å². The first-order chi connectivity index (χ1) is 8.65. The molecule has 0 atom stereocenters. The zero-order chi connectivity index (χ0) is 12.7. The Bertz CT molecular complexity index is 657.